The molecule has 2 aromatic rings. The highest BCUT2D eigenvalue weighted by molar-refractivity contribution is 5.88. The van der Waals surface area contributed by atoms with Gasteiger partial charge < -0.3 is 29.9 Å². The van der Waals surface area contributed by atoms with Crippen molar-refractivity contribution < 1.29 is 29.9 Å². The molecule has 4 N–H and O–H groups in total. The number of hydrogen-bond donors (Lipinski definition) is 4. The van der Waals surface area contributed by atoms with E-state index in [0.717, 1.165) is 10.8 Å². The van der Waals surface area contributed by atoms with Crippen LogP contribution in [0.5, 0.6) is 5.75 Å². The summed E-state index contributed by atoms with van der Waals surface area (Å²) in [6.45, 7) is -0.486. The smallest absolute Gasteiger partial charge is 0.229 e. The average molecular weight is 306 g/mol. The molecule has 2 aromatic carbocycles. The standard InChI is InChI=1S/C16H18O6/c17-8-12-13(18)14(19)15(20)16(22-12)21-11-7-3-5-9-4-1-2-6-10(9)11/h1-7,12-20H,8H2/t12-,13-,14-,15-,16+/m1/s1. The first-order valence-corrected chi connectivity index (χ1v) is 7.07. The minimum absolute atomic E-state index is 0.486. The third-order valence-corrected chi connectivity index (χ3v) is 3.84. The van der Waals surface area contributed by atoms with Gasteiger partial charge in [-0.2, -0.15) is 0 Å². The van der Waals surface area contributed by atoms with E-state index in [1.54, 1.807) is 6.07 Å². The first kappa shape index (κ1) is 15.2. The monoisotopic (exact) mass is 306 g/mol. The molecule has 5 atom stereocenters. The number of aliphatic hydroxyl groups is 4. The zero-order chi connectivity index (χ0) is 15.7. The van der Waals surface area contributed by atoms with Gasteiger partial charge in [-0.1, -0.05) is 36.4 Å². The van der Waals surface area contributed by atoms with Crippen molar-refractivity contribution in [2.75, 3.05) is 6.61 Å². The van der Waals surface area contributed by atoms with Crippen molar-refractivity contribution in [1.82, 2.24) is 0 Å². The van der Waals surface area contributed by atoms with Crippen LogP contribution >= 0.6 is 0 Å². The Kier molecular flexibility index (Phi) is 4.28. The van der Waals surface area contributed by atoms with Crippen LogP contribution in [0.2, 0.25) is 0 Å². The molecule has 1 fully saturated rings. The van der Waals surface area contributed by atoms with E-state index >= 15 is 0 Å². The molecule has 6 heteroatoms. The van der Waals surface area contributed by atoms with Gasteiger partial charge >= 0.3 is 0 Å². The van der Waals surface area contributed by atoms with Crippen LogP contribution in [0.25, 0.3) is 10.8 Å². The number of hydrogen-bond acceptors (Lipinski definition) is 6. The molecule has 0 unspecified atom stereocenters. The molecular formula is C16H18O6. The highest BCUT2D eigenvalue weighted by atomic mass is 16.7. The maximum absolute atomic E-state index is 10.0. The summed E-state index contributed by atoms with van der Waals surface area (Å²) in [5, 5.41) is 40.5. The molecule has 0 amide bonds. The SMILES string of the molecule is OC[C@H]1O[C@H](Oc2cccc3ccccc23)[C@H](O)[C@H](O)[C@@H]1O. The van der Waals surface area contributed by atoms with Crippen molar-refractivity contribution in [2.45, 2.75) is 30.7 Å². The predicted molar refractivity (Wildman–Crippen MR) is 78.3 cm³/mol. The first-order valence-electron chi connectivity index (χ1n) is 7.07. The largest absolute Gasteiger partial charge is 0.461 e. The number of rotatable bonds is 3. The molecule has 22 heavy (non-hydrogen) atoms. The van der Waals surface area contributed by atoms with E-state index in [0.29, 0.717) is 5.75 Å². The second kappa shape index (κ2) is 6.20. The van der Waals surface area contributed by atoms with Gasteiger partial charge in [0.1, 0.15) is 30.2 Å². The van der Waals surface area contributed by atoms with Gasteiger partial charge in [-0.25, -0.2) is 0 Å². The normalized spacial score (nSPS) is 32.1. The maximum atomic E-state index is 10.0. The van der Waals surface area contributed by atoms with Crippen LogP contribution in [0.3, 0.4) is 0 Å². The van der Waals surface area contributed by atoms with E-state index in [1.165, 1.54) is 0 Å². The molecular weight excluding hydrogens is 288 g/mol. The summed E-state index contributed by atoms with van der Waals surface area (Å²) in [7, 11) is 0. The Labute approximate surface area is 127 Å². The van der Waals surface area contributed by atoms with E-state index in [4.69, 9.17) is 9.47 Å². The molecule has 1 saturated heterocycles. The molecule has 0 aliphatic carbocycles. The lowest BCUT2D eigenvalue weighted by atomic mass is 9.99. The van der Waals surface area contributed by atoms with E-state index in [-0.39, 0.29) is 0 Å². The third-order valence-electron chi connectivity index (χ3n) is 3.84. The van der Waals surface area contributed by atoms with E-state index in [9.17, 15) is 20.4 Å². The zero-order valence-corrected chi connectivity index (χ0v) is 11.7. The number of fused-ring (bicyclic) bond motifs is 1. The average Bonchev–Trinajstić information content (AvgIpc) is 2.55. The molecule has 1 aliphatic heterocycles. The minimum atomic E-state index is -1.45. The summed E-state index contributed by atoms with van der Waals surface area (Å²) in [6, 6.07) is 13.0. The van der Waals surface area contributed by atoms with Crippen molar-refractivity contribution in [2.24, 2.45) is 0 Å². The Morgan fingerprint density at radius 2 is 1.64 bits per heavy atom. The molecule has 1 aliphatic rings. The van der Waals surface area contributed by atoms with Crippen molar-refractivity contribution >= 4 is 10.8 Å². The molecule has 0 spiro atoms. The highest BCUT2D eigenvalue weighted by Crippen LogP contribution is 2.29. The fraction of sp³-hybridized carbons (Fsp3) is 0.375. The van der Waals surface area contributed by atoms with Crippen molar-refractivity contribution in [3.05, 3.63) is 42.5 Å². The summed E-state index contributed by atoms with van der Waals surface area (Å²) >= 11 is 0. The van der Waals surface area contributed by atoms with Gasteiger partial charge in [0.15, 0.2) is 0 Å². The zero-order valence-electron chi connectivity index (χ0n) is 11.7. The molecule has 1 heterocycles. The predicted octanol–water partition coefficient (Wildman–Crippen LogP) is 0.0185. The summed E-state index contributed by atoms with van der Waals surface area (Å²) in [5.41, 5.74) is 0. The summed E-state index contributed by atoms with van der Waals surface area (Å²) in [4.78, 5) is 0. The van der Waals surface area contributed by atoms with Gasteiger partial charge in [-0.15, -0.1) is 0 Å². The lowest BCUT2D eigenvalue weighted by molar-refractivity contribution is -0.277. The van der Waals surface area contributed by atoms with Crippen LogP contribution in [0.1, 0.15) is 0 Å². The number of benzene rings is 2. The number of ether oxygens (including phenoxy) is 2. The van der Waals surface area contributed by atoms with Gasteiger partial charge in [0.25, 0.3) is 0 Å². The van der Waals surface area contributed by atoms with Crippen LogP contribution in [0.4, 0.5) is 0 Å². The van der Waals surface area contributed by atoms with Crippen molar-refractivity contribution in [3.8, 4) is 5.75 Å². The minimum Gasteiger partial charge on any atom is -0.461 e. The fourth-order valence-corrected chi connectivity index (χ4v) is 2.59. The van der Waals surface area contributed by atoms with Crippen molar-refractivity contribution in [1.29, 1.82) is 0 Å². The fourth-order valence-electron chi connectivity index (χ4n) is 2.59. The van der Waals surface area contributed by atoms with Crippen molar-refractivity contribution in [3.63, 3.8) is 0 Å². The summed E-state index contributed by atoms with van der Waals surface area (Å²) in [5.74, 6) is 0.488. The molecule has 6 nitrogen and oxygen atoms in total. The second-order valence-electron chi connectivity index (χ2n) is 5.29. The topological polar surface area (TPSA) is 99.4 Å². The van der Waals surface area contributed by atoms with Crippen LogP contribution in [0, 0.1) is 0 Å². The molecule has 0 aromatic heterocycles. The Balaban J connectivity index is 1.87. The highest BCUT2D eigenvalue weighted by Gasteiger charge is 2.44. The summed E-state index contributed by atoms with van der Waals surface area (Å²) in [6.07, 6.45) is -6.44. The van der Waals surface area contributed by atoms with Gasteiger partial charge in [0.2, 0.25) is 6.29 Å². The molecule has 3 rings (SSSR count). The first-order chi connectivity index (χ1) is 10.6. The molecule has 0 saturated carbocycles. The molecule has 0 radical (unpaired) electrons. The Morgan fingerprint density at radius 3 is 2.41 bits per heavy atom. The van der Waals surface area contributed by atoms with E-state index in [2.05, 4.69) is 0 Å². The van der Waals surface area contributed by atoms with Crippen LogP contribution in [-0.4, -0.2) is 57.7 Å². The Morgan fingerprint density at radius 1 is 0.909 bits per heavy atom. The quantitative estimate of drug-likeness (QED) is 0.638. The van der Waals surface area contributed by atoms with Crippen LogP contribution in [-0.2, 0) is 4.74 Å². The van der Waals surface area contributed by atoms with E-state index in [1.807, 2.05) is 36.4 Å². The van der Waals surface area contributed by atoms with Gasteiger partial charge in [-0.3, -0.25) is 0 Å². The lowest BCUT2D eigenvalue weighted by Gasteiger charge is -2.39. The van der Waals surface area contributed by atoms with Gasteiger partial charge in [0.05, 0.1) is 6.61 Å². The van der Waals surface area contributed by atoms with E-state index < -0.39 is 37.3 Å². The second-order valence-corrected chi connectivity index (χ2v) is 5.29. The van der Waals surface area contributed by atoms with Gasteiger partial charge in [-0.05, 0) is 11.5 Å². The van der Waals surface area contributed by atoms with Crippen LogP contribution in [0.15, 0.2) is 42.5 Å². The lowest BCUT2D eigenvalue weighted by Crippen LogP contribution is -2.60. The molecule has 118 valence electrons. The Hall–Kier alpha value is -1.70. The molecule has 0 bridgehead atoms. The third kappa shape index (κ3) is 2.67. The maximum Gasteiger partial charge on any atom is 0.229 e. The van der Waals surface area contributed by atoms with Crippen LogP contribution < -0.4 is 4.74 Å². The Bertz CT molecular complexity index is 638. The summed E-state index contributed by atoms with van der Waals surface area (Å²) < 4.78 is 11.0. The van der Waals surface area contributed by atoms with Gasteiger partial charge in [0, 0.05) is 5.39 Å². The number of aliphatic hydroxyl groups excluding tert-OH is 4.